The monoisotopic (exact) mass is 254 g/mol. The summed E-state index contributed by atoms with van der Waals surface area (Å²) in [6.45, 7) is 6.59. The van der Waals surface area contributed by atoms with Gasteiger partial charge in [0.25, 0.3) is 0 Å². The van der Waals surface area contributed by atoms with Crippen LogP contribution in [0.1, 0.15) is 13.8 Å². The Kier molecular flexibility index (Phi) is 2.68. The first kappa shape index (κ1) is 9.84. The first-order valence-corrected chi connectivity index (χ1v) is 5.78. The van der Waals surface area contributed by atoms with Gasteiger partial charge in [0.2, 0.25) is 0 Å². The van der Waals surface area contributed by atoms with Crippen molar-refractivity contribution in [3.05, 3.63) is 22.7 Å². The molecule has 0 atom stereocenters. The van der Waals surface area contributed by atoms with Crippen LogP contribution in [0.3, 0.4) is 0 Å². The van der Waals surface area contributed by atoms with E-state index in [1.165, 1.54) is 11.4 Å². The molecule has 0 saturated heterocycles. The molecule has 2 nitrogen and oxygen atoms in total. The highest BCUT2D eigenvalue weighted by atomic mass is 79.9. The maximum absolute atomic E-state index is 3.49. The SMILES string of the molecule is CC(C)N1CCNc2cc(Br)ccc21. The summed E-state index contributed by atoms with van der Waals surface area (Å²) in [6, 6.07) is 6.98. The highest BCUT2D eigenvalue weighted by Crippen LogP contribution is 2.32. The molecule has 0 fully saturated rings. The van der Waals surface area contributed by atoms with E-state index >= 15 is 0 Å². The third-order valence-electron chi connectivity index (χ3n) is 2.56. The third kappa shape index (κ3) is 1.73. The van der Waals surface area contributed by atoms with Gasteiger partial charge in [-0.15, -0.1) is 0 Å². The number of fused-ring (bicyclic) bond motifs is 1. The van der Waals surface area contributed by atoms with Crippen LogP contribution in [0.15, 0.2) is 22.7 Å². The van der Waals surface area contributed by atoms with Gasteiger partial charge < -0.3 is 10.2 Å². The number of halogens is 1. The second kappa shape index (κ2) is 3.81. The fraction of sp³-hybridized carbons (Fsp3) is 0.455. The van der Waals surface area contributed by atoms with Crippen LogP contribution >= 0.6 is 15.9 Å². The number of anilines is 2. The molecular weight excluding hydrogens is 240 g/mol. The van der Waals surface area contributed by atoms with Crippen LogP contribution < -0.4 is 10.2 Å². The Morgan fingerprint density at radius 3 is 2.93 bits per heavy atom. The number of hydrogen-bond acceptors (Lipinski definition) is 2. The van der Waals surface area contributed by atoms with Gasteiger partial charge in [0.1, 0.15) is 0 Å². The van der Waals surface area contributed by atoms with E-state index in [9.17, 15) is 0 Å². The molecule has 3 heteroatoms. The van der Waals surface area contributed by atoms with Gasteiger partial charge in [-0.3, -0.25) is 0 Å². The minimum Gasteiger partial charge on any atom is -0.382 e. The second-order valence-corrected chi connectivity index (χ2v) is 4.79. The smallest absolute Gasteiger partial charge is 0.0605 e. The average molecular weight is 255 g/mol. The van der Waals surface area contributed by atoms with Gasteiger partial charge in [-0.2, -0.15) is 0 Å². The van der Waals surface area contributed by atoms with E-state index < -0.39 is 0 Å². The zero-order valence-electron chi connectivity index (χ0n) is 8.55. The Hall–Kier alpha value is -0.700. The number of rotatable bonds is 1. The van der Waals surface area contributed by atoms with Crippen LogP contribution in [-0.2, 0) is 0 Å². The molecule has 0 aromatic heterocycles. The van der Waals surface area contributed by atoms with Crippen molar-refractivity contribution in [3.8, 4) is 0 Å². The fourth-order valence-electron chi connectivity index (χ4n) is 1.87. The zero-order valence-corrected chi connectivity index (χ0v) is 10.1. The van der Waals surface area contributed by atoms with Crippen LogP contribution in [0, 0.1) is 0 Å². The second-order valence-electron chi connectivity index (χ2n) is 3.88. The average Bonchev–Trinajstić information content (AvgIpc) is 2.16. The summed E-state index contributed by atoms with van der Waals surface area (Å²) < 4.78 is 1.13. The third-order valence-corrected chi connectivity index (χ3v) is 3.05. The maximum atomic E-state index is 3.49. The normalized spacial score (nSPS) is 15.3. The molecule has 1 heterocycles. The molecule has 0 bridgehead atoms. The molecule has 14 heavy (non-hydrogen) atoms. The lowest BCUT2D eigenvalue weighted by atomic mass is 10.1. The molecule has 0 spiro atoms. The summed E-state index contributed by atoms with van der Waals surface area (Å²) in [5, 5.41) is 3.42. The lowest BCUT2D eigenvalue weighted by Crippen LogP contribution is -2.38. The molecule has 2 rings (SSSR count). The topological polar surface area (TPSA) is 15.3 Å². The van der Waals surface area contributed by atoms with Crippen molar-refractivity contribution in [3.63, 3.8) is 0 Å². The minimum absolute atomic E-state index is 0.567. The lowest BCUT2D eigenvalue weighted by molar-refractivity contribution is 0.681. The van der Waals surface area contributed by atoms with Crippen molar-refractivity contribution >= 4 is 27.3 Å². The molecule has 1 aromatic rings. The van der Waals surface area contributed by atoms with Crippen molar-refractivity contribution in [1.82, 2.24) is 0 Å². The van der Waals surface area contributed by atoms with Crippen LogP contribution in [0.2, 0.25) is 0 Å². The predicted octanol–water partition coefficient (Wildman–Crippen LogP) is 3.09. The highest BCUT2D eigenvalue weighted by Gasteiger charge is 2.18. The van der Waals surface area contributed by atoms with Crippen molar-refractivity contribution in [2.75, 3.05) is 23.3 Å². The molecule has 1 aliphatic rings. The van der Waals surface area contributed by atoms with Crippen LogP contribution in [0.25, 0.3) is 0 Å². The fourth-order valence-corrected chi connectivity index (χ4v) is 2.23. The molecule has 0 radical (unpaired) electrons. The Morgan fingerprint density at radius 1 is 1.43 bits per heavy atom. The van der Waals surface area contributed by atoms with E-state index in [-0.39, 0.29) is 0 Å². The van der Waals surface area contributed by atoms with E-state index in [2.05, 4.69) is 58.2 Å². The molecule has 0 saturated carbocycles. The summed E-state index contributed by atoms with van der Waals surface area (Å²) in [7, 11) is 0. The van der Waals surface area contributed by atoms with E-state index in [0.717, 1.165) is 17.6 Å². The zero-order chi connectivity index (χ0) is 10.1. The molecule has 1 aliphatic heterocycles. The van der Waals surface area contributed by atoms with Crippen LogP contribution in [0.5, 0.6) is 0 Å². The minimum atomic E-state index is 0.567. The molecule has 1 N–H and O–H groups in total. The van der Waals surface area contributed by atoms with E-state index in [0.29, 0.717) is 6.04 Å². The molecule has 1 aromatic carbocycles. The van der Waals surface area contributed by atoms with Gasteiger partial charge in [0.15, 0.2) is 0 Å². The summed E-state index contributed by atoms with van der Waals surface area (Å²) >= 11 is 3.49. The Morgan fingerprint density at radius 2 is 2.21 bits per heavy atom. The first-order chi connectivity index (χ1) is 6.68. The van der Waals surface area contributed by atoms with Crippen molar-refractivity contribution in [1.29, 1.82) is 0 Å². The van der Waals surface area contributed by atoms with Crippen LogP contribution in [0.4, 0.5) is 11.4 Å². The summed E-state index contributed by atoms with van der Waals surface area (Å²) in [5.41, 5.74) is 2.55. The van der Waals surface area contributed by atoms with Gasteiger partial charge in [0, 0.05) is 23.6 Å². The van der Waals surface area contributed by atoms with Gasteiger partial charge in [0.05, 0.1) is 11.4 Å². The molecule has 0 aliphatic carbocycles. The van der Waals surface area contributed by atoms with Crippen LogP contribution in [-0.4, -0.2) is 19.1 Å². The summed E-state index contributed by atoms with van der Waals surface area (Å²) in [4.78, 5) is 2.43. The maximum Gasteiger partial charge on any atom is 0.0605 e. The number of nitrogens with one attached hydrogen (secondary N) is 1. The lowest BCUT2D eigenvalue weighted by Gasteiger charge is -2.35. The largest absolute Gasteiger partial charge is 0.382 e. The van der Waals surface area contributed by atoms with E-state index in [4.69, 9.17) is 0 Å². The summed E-state index contributed by atoms with van der Waals surface area (Å²) in [6.07, 6.45) is 0. The number of hydrogen-bond donors (Lipinski definition) is 1. The Bertz CT molecular complexity index is 336. The number of nitrogens with zero attached hydrogens (tertiary/aromatic N) is 1. The van der Waals surface area contributed by atoms with Gasteiger partial charge in [-0.1, -0.05) is 15.9 Å². The first-order valence-electron chi connectivity index (χ1n) is 4.98. The Labute approximate surface area is 93.4 Å². The standard InChI is InChI=1S/C11H15BrN2/c1-8(2)14-6-5-13-10-7-9(12)3-4-11(10)14/h3-4,7-8,13H,5-6H2,1-2H3. The quantitative estimate of drug-likeness (QED) is 0.829. The van der Waals surface area contributed by atoms with Crippen molar-refractivity contribution in [2.24, 2.45) is 0 Å². The molecule has 0 amide bonds. The van der Waals surface area contributed by atoms with E-state index in [1.54, 1.807) is 0 Å². The van der Waals surface area contributed by atoms with Gasteiger partial charge in [-0.05, 0) is 32.0 Å². The molecular formula is C11H15BrN2. The highest BCUT2D eigenvalue weighted by molar-refractivity contribution is 9.10. The summed E-state index contributed by atoms with van der Waals surface area (Å²) in [5.74, 6) is 0. The molecule has 0 unspecified atom stereocenters. The Balaban J connectivity index is 2.40. The predicted molar refractivity (Wildman–Crippen MR) is 65.1 cm³/mol. The number of benzene rings is 1. The van der Waals surface area contributed by atoms with Crippen molar-refractivity contribution < 1.29 is 0 Å². The van der Waals surface area contributed by atoms with Crippen molar-refractivity contribution in [2.45, 2.75) is 19.9 Å². The van der Waals surface area contributed by atoms with Gasteiger partial charge >= 0.3 is 0 Å². The van der Waals surface area contributed by atoms with Gasteiger partial charge in [-0.25, -0.2) is 0 Å². The molecule has 76 valence electrons. The van der Waals surface area contributed by atoms with E-state index in [1.807, 2.05) is 0 Å².